The lowest BCUT2D eigenvalue weighted by atomic mass is 9.49. The fourth-order valence-corrected chi connectivity index (χ4v) is 6.96. The standard InChI is InChI=1S/C31H43FN2O/c1-22(2)24-11-15-27-25(20-24)12-16-29-30(3,17-7-18-31(27,29)4)21-33-19-6-8-28(34-35-5)23-9-13-26(32)14-10-23/h9-11,13-15,20,22,29,33H,6-8,12,16-19,21H2,1-5H3/b34-28-. The van der Waals surface area contributed by atoms with Gasteiger partial charge in [-0.3, -0.25) is 0 Å². The number of nitrogens with one attached hydrogen (secondary N) is 1. The number of benzene rings is 2. The van der Waals surface area contributed by atoms with Crippen molar-refractivity contribution in [3.8, 4) is 0 Å². The molecular weight excluding hydrogens is 435 g/mol. The first-order chi connectivity index (χ1) is 16.8. The Hall–Kier alpha value is -2.20. The lowest BCUT2D eigenvalue weighted by Crippen LogP contribution is -2.52. The van der Waals surface area contributed by atoms with E-state index in [9.17, 15) is 4.39 Å². The molecule has 3 atom stereocenters. The van der Waals surface area contributed by atoms with Crippen LogP contribution >= 0.6 is 0 Å². The molecule has 0 aliphatic heterocycles. The highest BCUT2D eigenvalue weighted by atomic mass is 19.1. The summed E-state index contributed by atoms with van der Waals surface area (Å²) in [4.78, 5) is 5.05. The van der Waals surface area contributed by atoms with Gasteiger partial charge in [-0.2, -0.15) is 0 Å². The molecule has 1 saturated carbocycles. The molecule has 0 bridgehead atoms. The summed E-state index contributed by atoms with van der Waals surface area (Å²) < 4.78 is 13.3. The summed E-state index contributed by atoms with van der Waals surface area (Å²) in [6.07, 6.45) is 8.17. The highest BCUT2D eigenvalue weighted by molar-refractivity contribution is 6.00. The third-order valence-corrected chi connectivity index (χ3v) is 8.84. The molecule has 2 aromatic carbocycles. The van der Waals surface area contributed by atoms with Crippen LogP contribution in [0.1, 0.15) is 94.4 Å². The molecule has 4 rings (SSSR count). The van der Waals surface area contributed by atoms with E-state index < -0.39 is 0 Å². The Labute approximate surface area is 211 Å². The molecular formula is C31H43FN2O. The van der Waals surface area contributed by atoms with E-state index in [1.165, 1.54) is 49.8 Å². The highest BCUT2D eigenvalue weighted by Gasteiger charge is 2.51. The van der Waals surface area contributed by atoms with Gasteiger partial charge in [0.05, 0.1) is 5.71 Å². The van der Waals surface area contributed by atoms with Crippen LogP contribution < -0.4 is 5.32 Å². The van der Waals surface area contributed by atoms with Crippen LogP contribution in [0.4, 0.5) is 4.39 Å². The predicted octanol–water partition coefficient (Wildman–Crippen LogP) is 7.38. The van der Waals surface area contributed by atoms with Crippen LogP contribution in [-0.2, 0) is 16.7 Å². The summed E-state index contributed by atoms with van der Waals surface area (Å²) in [5.41, 5.74) is 7.06. The lowest BCUT2D eigenvalue weighted by molar-refractivity contribution is 0.0260. The number of aryl methyl sites for hydroxylation is 1. The summed E-state index contributed by atoms with van der Waals surface area (Å²) in [6.45, 7) is 11.6. The minimum absolute atomic E-state index is 0.231. The first-order valence-electron chi connectivity index (χ1n) is 13.5. The normalized spacial score (nSPS) is 26.4. The molecule has 190 valence electrons. The van der Waals surface area contributed by atoms with Crippen LogP contribution in [0.5, 0.6) is 0 Å². The smallest absolute Gasteiger partial charge is 0.123 e. The summed E-state index contributed by atoms with van der Waals surface area (Å²) in [5.74, 6) is 1.06. The quantitative estimate of drug-likeness (QED) is 0.232. The van der Waals surface area contributed by atoms with Gasteiger partial charge in [0.25, 0.3) is 0 Å². The maximum Gasteiger partial charge on any atom is 0.123 e. The van der Waals surface area contributed by atoms with Crippen molar-refractivity contribution in [1.29, 1.82) is 0 Å². The fourth-order valence-electron chi connectivity index (χ4n) is 6.96. The van der Waals surface area contributed by atoms with Crippen LogP contribution in [0.25, 0.3) is 0 Å². The third-order valence-electron chi connectivity index (χ3n) is 8.84. The molecule has 2 aliphatic carbocycles. The van der Waals surface area contributed by atoms with Gasteiger partial charge in [0.2, 0.25) is 0 Å². The van der Waals surface area contributed by atoms with E-state index in [4.69, 9.17) is 4.84 Å². The molecule has 2 aromatic rings. The Morgan fingerprint density at radius 1 is 1.14 bits per heavy atom. The van der Waals surface area contributed by atoms with Crippen molar-refractivity contribution in [1.82, 2.24) is 5.32 Å². The highest BCUT2D eigenvalue weighted by Crippen LogP contribution is 2.57. The molecule has 4 heteroatoms. The van der Waals surface area contributed by atoms with Crippen molar-refractivity contribution in [2.24, 2.45) is 16.5 Å². The molecule has 0 radical (unpaired) electrons. The molecule has 1 fully saturated rings. The molecule has 3 nitrogen and oxygen atoms in total. The average molecular weight is 479 g/mol. The number of nitrogens with zero attached hydrogens (tertiary/aromatic N) is 1. The zero-order chi connectivity index (χ0) is 25.1. The summed E-state index contributed by atoms with van der Waals surface area (Å²) >= 11 is 0. The molecule has 2 aliphatic rings. The molecule has 1 N–H and O–H groups in total. The second-order valence-corrected chi connectivity index (χ2v) is 11.6. The number of hydrogen-bond acceptors (Lipinski definition) is 3. The molecule has 0 spiro atoms. The summed E-state index contributed by atoms with van der Waals surface area (Å²) in [6, 6.07) is 13.8. The van der Waals surface area contributed by atoms with E-state index in [0.717, 1.165) is 37.2 Å². The van der Waals surface area contributed by atoms with E-state index in [2.05, 4.69) is 56.4 Å². The van der Waals surface area contributed by atoms with Crippen LogP contribution in [0, 0.1) is 17.2 Å². The monoisotopic (exact) mass is 478 g/mol. The van der Waals surface area contributed by atoms with Crippen LogP contribution in [0.3, 0.4) is 0 Å². The van der Waals surface area contributed by atoms with Crippen molar-refractivity contribution in [3.05, 3.63) is 70.5 Å². The van der Waals surface area contributed by atoms with Gasteiger partial charge in [-0.05, 0) is 102 Å². The predicted molar refractivity (Wildman–Crippen MR) is 144 cm³/mol. The zero-order valence-corrected chi connectivity index (χ0v) is 22.3. The van der Waals surface area contributed by atoms with Gasteiger partial charge in [-0.25, -0.2) is 4.39 Å². The Kier molecular flexibility index (Phi) is 8.00. The first-order valence-corrected chi connectivity index (χ1v) is 13.5. The number of rotatable bonds is 9. The number of fused-ring (bicyclic) bond motifs is 3. The van der Waals surface area contributed by atoms with Gasteiger partial charge in [0.1, 0.15) is 12.9 Å². The third kappa shape index (κ3) is 5.48. The fraction of sp³-hybridized carbons (Fsp3) is 0.581. The van der Waals surface area contributed by atoms with E-state index in [0.29, 0.717) is 17.3 Å². The number of halogens is 1. The van der Waals surface area contributed by atoms with Gasteiger partial charge in [-0.1, -0.05) is 69.6 Å². The average Bonchev–Trinajstić information content (AvgIpc) is 2.83. The number of oxime groups is 1. The second kappa shape index (κ2) is 10.8. The summed E-state index contributed by atoms with van der Waals surface area (Å²) in [5, 5.41) is 7.99. The van der Waals surface area contributed by atoms with E-state index >= 15 is 0 Å². The minimum Gasteiger partial charge on any atom is -0.399 e. The van der Waals surface area contributed by atoms with Gasteiger partial charge >= 0.3 is 0 Å². The van der Waals surface area contributed by atoms with Crippen molar-refractivity contribution in [3.63, 3.8) is 0 Å². The maximum absolute atomic E-state index is 13.3. The lowest BCUT2D eigenvalue weighted by Gasteiger charge is -2.55. The van der Waals surface area contributed by atoms with Crippen molar-refractivity contribution < 1.29 is 9.23 Å². The van der Waals surface area contributed by atoms with Crippen molar-refractivity contribution >= 4 is 5.71 Å². The molecule has 0 amide bonds. The molecule has 35 heavy (non-hydrogen) atoms. The minimum atomic E-state index is -0.231. The SMILES string of the molecule is CO/N=C(/CCCNCC1(C)CCCC2(C)c3ccc(C(C)C)cc3CCC12)c1ccc(F)cc1. The van der Waals surface area contributed by atoms with E-state index in [-0.39, 0.29) is 11.2 Å². The largest absolute Gasteiger partial charge is 0.399 e. The Morgan fingerprint density at radius 2 is 1.91 bits per heavy atom. The van der Waals surface area contributed by atoms with Gasteiger partial charge in [0.15, 0.2) is 0 Å². The van der Waals surface area contributed by atoms with Crippen LogP contribution in [-0.4, -0.2) is 25.9 Å². The van der Waals surface area contributed by atoms with E-state index in [1.54, 1.807) is 30.4 Å². The number of hydrogen-bond donors (Lipinski definition) is 1. The summed E-state index contributed by atoms with van der Waals surface area (Å²) in [7, 11) is 1.56. The molecule has 0 heterocycles. The van der Waals surface area contributed by atoms with Crippen LogP contribution in [0.15, 0.2) is 47.6 Å². The first kappa shape index (κ1) is 25.9. The Morgan fingerprint density at radius 3 is 2.63 bits per heavy atom. The van der Waals surface area contributed by atoms with Crippen LogP contribution in [0.2, 0.25) is 0 Å². The molecule has 0 aromatic heterocycles. The zero-order valence-electron chi connectivity index (χ0n) is 22.3. The van der Waals surface area contributed by atoms with Gasteiger partial charge < -0.3 is 10.2 Å². The van der Waals surface area contributed by atoms with Crippen molar-refractivity contribution in [2.45, 2.75) is 84.0 Å². The maximum atomic E-state index is 13.3. The molecule has 3 unspecified atom stereocenters. The van der Waals surface area contributed by atoms with Gasteiger partial charge in [-0.15, -0.1) is 0 Å². The topological polar surface area (TPSA) is 33.6 Å². The van der Waals surface area contributed by atoms with Crippen molar-refractivity contribution in [2.75, 3.05) is 20.2 Å². The molecule has 0 saturated heterocycles. The Balaban J connectivity index is 1.37. The second-order valence-electron chi connectivity index (χ2n) is 11.6. The van der Waals surface area contributed by atoms with Gasteiger partial charge in [0, 0.05) is 6.54 Å². The van der Waals surface area contributed by atoms with E-state index in [1.807, 2.05) is 0 Å². The Bertz CT molecular complexity index is 1030.